The van der Waals surface area contributed by atoms with Gasteiger partial charge in [0.2, 0.25) is 0 Å². The molecule has 1 rings (SSSR count). The summed E-state index contributed by atoms with van der Waals surface area (Å²) in [5.41, 5.74) is 6.11. The average molecular weight is 246 g/mol. The van der Waals surface area contributed by atoms with Crippen molar-refractivity contribution in [3.63, 3.8) is 0 Å². The maximum atomic E-state index is 11.1. The van der Waals surface area contributed by atoms with E-state index in [0.717, 1.165) is 0 Å². The Morgan fingerprint density at radius 3 is 2.62 bits per heavy atom. The van der Waals surface area contributed by atoms with Crippen molar-refractivity contribution in [2.45, 2.75) is 11.4 Å². The average Bonchev–Trinajstić information content (AvgIpc) is 2.19. The summed E-state index contributed by atoms with van der Waals surface area (Å²) in [6.07, 6.45) is 0. The molecule has 0 aliphatic carbocycles. The van der Waals surface area contributed by atoms with Crippen LogP contribution in [-0.2, 0) is 16.7 Å². The Morgan fingerprint density at radius 1 is 1.38 bits per heavy atom. The molecule has 16 heavy (non-hydrogen) atoms. The lowest BCUT2D eigenvalue weighted by molar-refractivity contribution is 0.292. The molecule has 0 bridgehead atoms. The summed E-state index contributed by atoms with van der Waals surface area (Å²) >= 11 is 0. The van der Waals surface area contributed by atoms with Gasteiger partial charge in [-0.2, -0.15) is 8.42 Å². The maximum Gasteiger partial charge on any atom is 0.294 e. The van der Waals surface area contributed by atoms with E-state index in [2.05, 4.69) is 5.32 Å². The largest absolute Gasteiger partial charge is 0.399 e. The molecular formula is C9H14N2O4S. The number of nitrogens with one attached hydrogen (secondary N) is 1. The lowest BCUT2D eigenvalue weighted by Crippen LogP contribution is -2.19. The van der Waals surface area contributed by atoms with E-state index in [4.69, 9.17) is 15.4 Å². The summed E-state index contributed by atoms with van der Waals surface area (Å²) in [4.78, 5) is -0.210. The molecular weight excluding hydrogens is 232 g/mol. The highest BCUT2D eigenvalue weighted by atomic mass is 32.2. The number of aliphatic hydroxyl groups excluding tert-OH is 1. The maximum absolute atomic E-state index is 11.1. The quantitative estimate of drug-likeness (QED) is 0.319. The van der Waals surface area contributed by atoms with Gasteiger partial charge in [0.05, 0.1) is 6.61 Å². The van der Waals surface area contributed by atoms with Crippen molar-refractivity contribution in [2.24, 2.45) is 0 Å². The first-order chi connectivity index (χ1) is 7.45. The van der Waals surface area contributed by atoms with Crippen LogP contribution >= 0.6 is 0 Å². The van der Waals surface area contributed by atoms with E-state index in [1.54, 1.807) is 6.07 Å². The monoisotopic (exact) mass is 246 g/mol. The van der Waals surface area contributed by atoms with Gasteiger partial charge in [0.25, 0.3) is 10.1 Å². The molecule has 0 atom stereocenters. The van der Waals surface area contributed by atoms with Gasteiger partial charge < -0.3 is 16.2 Å². The molecule has 5 N–H and O–H groups in total. The van der Waals surface area contributed by atoms with Gasteiger partial charge in [-0.25, -0.2) is 0 Å². The molecule has 0 aromatic heterocycles. The van der Waals surface area contributed by atoms with Crippen LogP contribution in [0.2, 0.25) is 0 Å². The summed E-state index contributed by atoms with van der Waals surface area (Å²) in [6.45, 7) is 0.529. The molecule has 0 radical (unpaired) electrons. The fourth-order valence-corrected chi connectivity index (χ4v) is 2.02. The Balaban J connectivity index is 2.99. The van der Waals surface area contributed by atoms with E-state index in [-0.39, 0.29) is 23.7 Å². The molecule has 1 aromatic rings. The first-order valence-corrected chi connectivity index (χ1v) is 6.06. The Labute approximate surface area is 93.8 Å². The molecule has 7 heteroatoms. The standard InChI is InChI=1S/C9H14N2O4S/c10-8-2-1-7(6-11-3-4-12)9(5-8)16(13,14)15/h1-2,5,11-12H,3-4,6,10H2,(H,13,14,15). The predicted octanol–water partition coefficient (Wildman–Crippen LogP) is -0.403. The number of hydrogen-bond acceptors (Lipinski definition) is 5. The highest BCUT2D eigenvalue weighted by Crippen LogP contribution is 2.18. The lowest BCUT2D eigenvalue weighted by Gasteiger charge is -2.08. The Morgan fingerprint density at radius 2 is 2.06 bits per heavy atom. The van der Waals surface area contributed by atoms with E-state index in [9.17, 15) is 8.42 Å². The van der Waals surface area contributed by atoms with Gasteiger partial charge in [-0.3, -0.25) is 4.55 Å². The highest BCUT2D eigenvalue weighted by molar-refractivity contribution is 7.85. The first-order valence-electron chi connectivity index (χ1n) is 4.62. The number of aliphatic hydroxyl groups is 1. The second-order valence-corrected chi connectivity index (χ2v) is 4.63. The first kappa shape index (κ1) is 12.9. The fraction of sp³-hybridized carbons (Fsp3) is 0.333. The zero-order chi connectivity index (χ0) is 12.2. The van der Waals surface area contributed by atoms with Crippen LogP contribution in [0.5, 0.6) is 0 Å². The second kappa shape index (κ2) is 5.26. The Bertz CT molecular complexity index is 459. The van der Waals surface area contributed by atoms with E-state index in [1.165, 1.54) is 12.1 Å². The van der Waals surface area contributed by atoms with Crippen molar-refractivity contribution >= 4 is 15.8 Å². The number of hydrogen-bond donors (Lipinski definition) is 4. The van der Waals surface area contributed by atoms with Crippen molar-refractivity contribution < 1.29 is 18.1 Å². The van der Waals surface area contributed by atoms with Crippen molar-refractivity contribution in [2.75, 3.05) is 18.9 Å². The Kier molecular flexibility index (Phi) is 4.25. The zero-order valence-corrected chi connectivity index (χ0v) is 9.37. The highest BCUT2D eigenvalue weighted by Gasteiger charge is 2.15. The van der Waals surface area contributed by atoms with E-state index < -0.39 is 10.1 Å². The summed E-state index contributed by atoms with van der Waals surface area (Å²) in [7, 11) is -4.28. The van der Waals surface area contributed by atoms with Crippen LogP contribution in [0.4, 0.5) is 5.69 Å². The van der Waals surface area contributed by atoms with Crippen LogP contribution in [0.3, 0.4) is 0 Å². The summed E-state index contributed by atoms with van der Waals surface area (Å²) < 4.78 is 31.1. The van der Waals surface area contributed by atoms with Gasteiger partial charge >= 0.3 is 0 Å². The summed E-state index contributed by atoms with van der Waals surface area (Å²) in [5.74, 6) is 0. The van der Waals surface area contributed by atoms with Gasteiger partial charge in [0.15, 0.2) is 0 Å². The van der Waals surface area contributed by atoms with Crippen LogP contribution in [0.25, 0.3) is 0 Å². The van der Waals surface area contributed by atoms with Crippen LogP contribution in [-0.4, -0.2) is 31.2 Å². The minimum atomic E-state index is -4.28. The Hall–Kier alpha value is -1.15. The third-order valence-electron chi connectivity index (χ3n) is 1.97. The van der Waals surface area contributed by atoms with E-state index in [1.807, 2.05) is 0 Å². The van der Waals surface area contributed by atoms with E-state index in [0.29, 0.717) is 12.1 Å². The molecule has 0 amide bonds. The molecule has 1 aromatic carbocycles. The summed E-state index contributed by atoms with van der Waals surface area (Å²) in [6, 6.07) is 4.26. The van der Waals surface area contributed by atoms with Gasteiger partial charge in [-0.15, -0.1) is 0 Å². The number of nitrogen functional groups attached to an aromatic ring is 1. The normalized spacial score (nSPS) is 11.6. The van der Waals surface area contributed by atoms with Crippen molar-refractivity contribution in [3.05, 3.63) is 23.8 Å². The third kappa shape index (κ3) is 3.46. The third-order valence-corrected chi connectivity index (χ3v) is 2.91. The number of rotatable bonds is 5. The minimum Gasteiger partial charge on any atom is -0.399 e. The second-order valence-electron chi connectivity index (χ2n) is 3.24. The molecule has 90 valence electrons. The molecule has 0 unspecified atom stereocenters. The van der Waals surface area contributed by atoms with Gasteiger partial charge in [0, 0.05) is 18.8 Å². The van der Waals surface area contributed by atoms with E-state index >= 15 is 0 Å². The number of anilines is 1. The zero-order valence-electron chi connectivity index (χ0n) is 8.55. The van der Waals surface area contributed by atoms with Crippen LogP contribution in [0.15, 0.2) is 23.1 Å². The smallest absolute Gasteiger partial charge is 0.294 e. The molecule has 0 fully saturated rings. The topological polar surface area (TPSA) is 113 Å². The predicted molar refractivity (Wildman–Crippen MR) is 59.5 cm³/mol. The molecule has 0 aliphatic heterocycles. The molecule has 0 saturated carbocycles. The minimum absolute atomic E-state index is 0.0455. The number of nitrogens with two attached hydrogens (primary N) is 1. The van der Waals surface area contributed by atoms with Crippen molar-refractivity contribution in [1.82, 2.24) is 5.32 Å². The van der Waals surface area contributed by atoms with Crippen LogP contribution in [0, 0.1) is 0 Å². The molecule has 6 nitrogen and oxygen atoms in total. The van der Waals surface area contributed by atoms with Crippen LogP contribution < -0.4 is 11.1 Å². The SMILES string of the molecule is Nc1ccc(CNCCO)c(S(=O)(=O)O)c1. The lowest BCUT2D eigenvalue weighted by atomic mass is 10.2. The fourth-order valence-electron chi connectivity index (χ4n) is 1.26. The number of benzene rings is 1. The molecule has 0 spiro atoms. The molecule has 0 saturated heterocycles. The van der Waals surface area contributed by atoms with Gasteiger partial charge in [-0.05, 0) is 17.7 Å². The molecule has 0 heterocycles. The molecule has 0 aliphatic rings. The van der Waals surface area contributed by atoms with Gasteiger partial charge in [0.1, 0.15) is 4.90 Å². The summed E-state index contributed by atoms with van der Waals surface area (Å²) in [5, 5.41) is 11.4. The van der Waals surface area contributed by atoms with Crippen LogP contribution in [0.1, 0.15) is 5.56 Å². The van der Waals surface area contributed by atoms with Gasteiger partial charge in [-0.1, -0.05) is 6.07 Å². The van der Waals surface area contributed by atoms with Crippen molar-refractivity contribution in [3.8, 4) is 0 Å². The van der Waals surface area contributed by atoms with Crippen molar-refractivity contribution in [1.29, 1.82) is 0 Å².